The lowest BCUT2D eigenvalue weighted by Gasteiger charge is -1.98. The Morgan fingerprint density at radius 3 is 2.74 bits per heavy atom. The lowest BCUT2D eigenvalue weighted by molar-refractivity contribution is 0.102. The largest absolute Gasteiger partial charge is 0.493 e. The molecule has 0 radical (unpaired) electrons. The topological polar surface area (TPSA) is 39.4 Å². The Kier molecular flexibility index (Phi) is 3.93. The van der Waals surface area contributed by atoms with Crippen molar-refractivity contribution in [3.63, 3.8) is 0 Å². The molecule has 1 heterocycles. The number of furan rings is 1. The smallest absolute Gasteiger partial charge is 0.221 e. The minimum absolute atomic E-state index is 0.00737. The van der Waals surface area contributed by atoms with Crippen molar-refractivity contribution in [3.8, 4) is 5.75 Å². The molecule has 0 amide bonds. The van der Waals surface area contributed by atoms with Gasteiger partial charge in [0.25, 0.3) is 0 Å². The number of ketones is 1. The van der Waals surface area contributed by atoms with E-state index < -0.39 is 17.4 Å². The first-order valence-corrected chi connectivity index (χ1v) is 6.83. The fourth-order valence-electron chi connectivity index (χ4n) is 2.22. The lowest BCUT2D eigenvalue weighted by Crippen LogP contribution is -1.92. The number of ether oxygens (including phenoxy) is 1. The van der Waals surface area contributed by atoms with Crippen molar-refractivity contribution >= 4 is 22.8 Å². The maximum Gasteiger partial charge on any atom is 0.221 e. The lowest BCUT2D eigenvalue weighted by atomic mass is 10.1. The van der Waals surface area contributed by atoms with Crippen LogP contribution >= 0.6 is 0 Å². The van der Waals surface area contributed by atoms with Crippen molar-refractivity contribution in [2.75, 3.05) is 7.11 Å². The van der Waals surface area contributed by atoms with E-state index in [0.29, 0.717) is 11.3 Å². The first-order chi connectivity index (χ1) is 11.1. The highest BCUT2D eigenvalue weighted by Gasteiger charge is 2.13. The molecule has 0 atom stereocenters. The average molecular weight is 314 g/mol. The van der Waals surface area contributed by atoms with Crippen LogP contribution in [-0.4, -0.2) is 12.9 Å². The number of hydrogen-bond acceptors (Lipinski definition) is 3. The van der Waals surface area contributed by atoms with Gasteiger partial charge in [-0.05, 0) is 30.4 Å². The third-order valence-electron chi connectivity index (χ3n) is 3.37. The molecule has 0 spiro atoms. The Morgan fingerprint density at radius 1 is 1.17 bits per heavy atom. The van der Waals surface area contributed by atoms with Crippen molar-refractivity contribution < 1.29 is 22.7 Å². The molecule has 0 N–H and O–H groups in total. The van der Waals surface area contributed by atoms with Crippen LogP contribution in [0, 0.1) is 11.6 Å². The summed E-state index contributed by atoms with van der Waals surface area (Å²) in [5.74, 6) is -1.80. The zero-order valence-corrected chi connectivity index (χ0v) is 12.2. The second-order valence-electron chi connectivity index (χ2n) is 4.83. The van der Waals surface area contributed by atoms with E-state index in [1.54, 1.807) is 24.3 Å². The van der Waals surface area contributed by atoms with Crippen LogP contribution in [0.4, 0.5) is 8.78 Å². The Morgan fingerprint density at radius 2 is 1.96 bits per heavy atom. The van der Waals surface area contributed by atoms with Gasteiger partial charge in [-0.15, -0.1) is 0 Å². The molecule has 0 aliphatic heterocycles. The Bertz CT molecular complexity index is 910. The monoisotopic (exact) mass is 314 g/mol. The molecule has 23 heavy (non-hydrogen) atoms. The van der Waals surface area contributed by atoms with Gasteiger partial charge in [-0.25, -0.2) is 8.78 Å². The van der Waals surface area contributed by atoms with E-state index in [1.165, 1.54) is 25.3 Å². The number of halogens is 2. The van der Waals surface area contributed by atoms with E-state index in [9.17, 15) is 13.6 Å². The highest BCUT2D eigenvalue weighted by molar-refractivity contribution is 6.07. The number of fused-ring (bicyclic) bond motifs is 1. The zero-order valence-electron chi connectivity index (χ0n) is 12.2. The predicted molar refractivity (Wildman–Crippen MR) is 82.5 cm³/mol. The standard InChI is InChI=1S/C18H12F2O3/c1-22-15-7-3-5-12-10-16(23-18(12)15)14(21)9-8-11-4-2-6-13(19)17(11)20/h2-10H,1H3. The second-order valence-corrected chi connectivity index (χ2v) is 4.83. The van der Waals surface area contributed by atoms with Crippen LogP contribution in [0.25, 0.3) is 17.0 Å². The van der Waals surface area contributed by atoms with Gasteiger partial charge in [-0.2, -0.15) is 0 Å². The SMILES string of the molecule is COc1cccc2cc(C(=O)C=Cc3cccc(F)c3F)oc12. The fraction of sp³-hybridized carbons (Fsp3) is 0.0556. The zero-order chi connectivity index (χ0) is 16.4. The minimum atomic E-state index is -0.997. The predicted octanol–water partition coefficient (Wildman–Crippen LogP) is 4.62. The van der Waals surface area contributed by atoms with Crippen LogP contribution in [0.3, 0.4) is 0 Å². The van der Waals surface area contributed by atoms with Gasteiger partial charge in [0, 0.05) is 10.9 Å². The summed E-state index contributed by atoms with van der Waals surface area (Å²) in [5, 5.41) is 0.720. The van der Waals surface area contributed by atoms with Crippen LogP contribution in [0.15, 0.2) is 53.0 Å². The van der Waals surface area contributed by atoms with Gasteiger partial charge >= 0.3 is 0 Å². The molecule has 0 fully saturated rings. The van der Waals surface area contributed by atoms with Gasteiger partial charge in [0.2, 0.25) is 5.78 Å². The van der Waals surface area contributed by atoms with E-state index in [4.69, 9.17) is 9.15 Å². The summed E-state index contributed by atoms with van der Waals surface area (Å²) in [6.45, 7) is 0. The normalized spacial score (nSPS) is 11.3. The van der Waals surface area contributed by atoms with E-state index in [1.807, 2.05) is 0 Å². The Balaban J connectivity index is 1.92. The number of allylic oxidation sites excluding steroid dienone is 1. The third-order valence-corrected chi connectivity index (χ3v) is 3.37. The number of rotatable bonds is 4. The maximum absolute atomic E-state index is 13.5. The molecule has 3 nitrogen and oxygen atoms in total. The molecular weight excluding hydrogens is 302 g/mol. The first kappa shape index (κ1) is 15.0. The maximum atomic E-state index is 13.5. The fourth-order valence-corrected chi connectivity index (χ4v) is 2.22. The highest BCUT2D eigenvalue weighted by Crippen LogP contribution is 2.28. The van der Waals surface area contributed by atoms with Crippen molar-refractivity contribution in [2.24, 2.45) is 0 Å². The number of carbonyl (C=O) groups excluding carboxylic acids is 1. The number of hydrogen-bond donors (Lipinski definition) is 0. The molecule has 2 aromatic carbocycles. The molecule has 3 aromatic rings. The average Bonchev–Trinajstić information content (AvgIpc) is 3.00. The van der Waals surface area contributed by atoms with Crippen LogP contribution in [0.1, 0.15) is 16.1 Å². The molecular formula is C18H12F2O3. The highest BCUT2D eigenvalue weighted by atomic mass is 19.2. The molecule has 116 valence electrons. The summed E-state index contributed by atoms with van der Waals surface area (Å²) >= 11 is 0. The third kappa shape index (κ3) is 2.85. The van der Waals surface area contributed by atoms with Crippen molar-refractivity contribution in [1.82, 2.24) is 0 Å². The Labute approximate surface area is 130 Å². The molecule has 0 unspecified atom stereocenters. The van der Waals surface area contributed by atoms with Gasteiger partial charge in [-0.1, -0.05) is 24.3 Å². The van der Waals surface area contributed by atoms with Gasteiger partial charge in [-0.3, -0.25) is 4.79 Å². The molecule has 5 heteroatoms. The summed E-state index contributed by atoms with van der Waals surface area (Å²) in [5.41, 5.74) is 0.454. The van der Waals surface area contributed by atoms with Crippen LogP contribution in [0.5, 0.6) is 5.75 Å². The number of carbonyl (C=O) groups is 1. The van der Waals surface area contributed by atoms with Gasteiger partial charge in [0.15, 0.2) is 28.7 Å². The van der Waals surface area contributed by atoms with E-state index in [-0.39, 0.29) is 11.3 Å². The molecule has 3 rings (SSSR count). The first-order valence-electron chi connectivity index (χ1n) is 6.83. The quantitative estimate of drug-likeness (QED) is 0.521. The Hall–Kier alpha value is -2.95. The summed E-state index contributed by atoms with van der Waals surface area (Å²) in [6, 6.07) is 10.6. The molecule has 0 saturated heterocycles. The van der Waals surface area contributed by atoms with Gasteiger partial charge < -0.3 is 9.15 Å². The summed E-state index contributed by atoms with van der Waals surface area (Å²) in [7, 11) is 1.51. The van der Waals surface area contributed by atoms with E-state index in [0.717, 1.165) is 17.5 Å². The number of benzene rings is 2. The summed E-state index contributed by atoms with van der Waals surface area (Å²) in [6.07, 6.45) is 2.35. The summed E-state index contributed by atoms with van der Waals surface area (Å²) in [4.78, 5) is 12.1. The minimum Gasteiger partial charge on any atom is -0.493 e. The van der Waals surface area contributed by atoms with Gasteiger partial charge in [0.1, 0.15) is 0 Å². The van der Waals surface area contributed by atoms with E-state index in [2.05, 4.69) is 0 Å². The van der Waals surface area contributed by atoms with Crippen LogP contribution in [0.2, 0.25) is 0 Å². The molecule has 0 saturated carbocycles. The van der Waals surface area contributed by atoms with Gasteiger partial charge in [0.05, 0.1) is 7.11 Å². The van der Waals surface area contributed by atoms with Crippen LogP contribution in [-0.2, 0) is 0 Å². The molecule has 0 aliphatic carbocycles. The van der Waals surface area contributed by atoms with Crippen molar-refractivity contribution in [2.45, 2.75) is 0 Å². The van der Waals surface area contributed by atoms with Crippen LogP contribution < -0.4 is 4.74 Å². The molecule has 0 aliphatic rings. The van der Waals surface area contributed by atoms with Crippen molar-refractivity contribution in [3.05, 3.63) is 71.5 Å². The van der Waals surface area contributed by atoms with Crippen molar-refractivity contribution in [1.29, 1.82) is 0 Å². The van der Waals surface area contributed by atoms with E-state index >= 15 is 0 Å². The number of para-hydroxylation sites is 1. The molecule has 1 aromatic heterocycles. The number of methoxy groups -OCH3 is 1. The summed E-state index contributed by atoms with van der Waals surface area (Å²) < 4.78 is 37.3. The molecule has 0 bridgehead atoms. The second kappa shape index (κ2) is 6.04.